The maximum Gasteiger partial charge on any atom is 0.157 e. The lowest BCUT2D eigenvalue weighted by Crippen LogP contribution is -2.32. The lowest BCUT2D eigenvalue weighted by Gasteiger charge is -2.24. The van der Waals surface area contributed by atoms with Crippen molar-refractivity contribution in [2.45, 2.75) is 77.0 Å². The first-order valence-corrected chi connectivity index (χ1v) is 8.52. The Morgan fingerprint density at radius 2 is 1.90 bits per heavy atom. The first kappa shape index (κ1) is 14.9. The number of aromatic nitrogens is 2. The summed E-state index contributed by atoms with van der Waals surface area (Å²) < 4.78 is 7.95. The zero-order valence-electron chi connectivity index (χ0n) is 13.2. The number of rotatable bonds is 3. The van der Waals surface area contributed by atoms with E-state index in [1.165, 1.54) is 25.7 Å². The summed E-state index contributed by atoms with van der Waals surface area (Å²) in [5.74, 6) is 2.71. The number of fused-ring (bicyclic) bond motifs is 1. The first-order valence-electron chi connectivity index (χ1n) is 8.52. The number of nitrogens with zero attached hydrogens (tertiary/aromatic N) is 2. The highest BCUT2D eigenvalue weighted by Gasteiger charge is 2.37. The monoisotopic (exact) mass is 292 g/mol. The highest BCUT2D eigenvalue weighted by Crippen LogP contribution is 2.46. The van der Waals surface area contributed by atoms with Gasteiger partial charge in [-0.25, -0.2) is 0 Å². The van der Waals surface area contributed by atoms with E-state index >= 15 is 0 Å². The first-order chi connectivity index (χ1) is 10.1. The van der Waals surface area contributed by atoms with Gasteiger partial charge in [-0.05, 0) is 51.4 Å². The van der Waals surface area contributed by atoms with Crippen molar-refractivity contribution >= 4 is 0 Å². The SMILES string of the molecule is CC(C)n1cc(O[C@@H]2CCC[C@H]3C[C@@H]3CCC[C@H]2O)cn1. The molecule has 0 unspecified atom stereocenters. The zero-order chi connectivity index (χ0) is 14.8. The molecule has 2 fully saturated rings. The second-order valence-corrected chi connectivity index (χ2v) is 7.09. The van der Waals surface area contributed by atoms with Gasteiger partial charge in [-0.3, -0.25) is 4.68 Å². The van der Waals surface area contributed by atoms with Crippen molar-refractivity contribution < 1.29 is 9.84 Å². The van der Waals surface area contributed by atoms with Gasteiger partial charge in [0.1, 0.15) is 6.10 Å². The van der Waals surface area contributed by atoms with E-state index in [1.54, 1.807) is 6.20 Å². The van der Waals surface area contributed by atoms with E-state index in [4.69, 9.17) is 4.74 Å². The Balaban J connectivity index is 1.60. The van der Waals surface area contributed by atoms with Gasteiger partial charge >= 0.3 is 0 Å². The van der Waals surface area contributed by atoms with Gasteiger partial charge in [0.05, 0.1) is 18.5 Å². The molecule has 4 heteroatoms. The van der Waals surface area contributed by atoms with E-state index in [9.17, 15) is 5.11 Å². The van der Waals surface area contributed by atoms with Crippen molar-refractivity contribution in [1.29, 1.82) is 0 Å². The smallest absolute Gasteiger partial charge is 0.157 e. The van der Waals surface area contributed by atoms with E-state index in [0.29, 0.717) is 6.04 Å². The maximum absolute atomic E-state index is 10.4. The third-order valence-electron chi connectivity index (χ3n) is 5.03. The predicted molar refractivity (Wildman–Crippen MR) is 82.3 cm³/mol. The van der Waals surface area contributed by atoms with Crippen LogP contribution in [0.5, 0.6) is 5.75 Å². The van der Waals surface area contributed by atoms with Crippen LogP contribution in [0.1, 0.15) is 64.8 Å². The molecule has 1 heterocycles. The van der Waals surface area contributed by atoms with E-state index in [2.05, 4.69) is 18.9 Å². The molecule has 2 aliphatic carbocycles. The van der Waals surface area contributed by atoms with Crippen LogP contribution in [-0.2, 0) is 0 Å². The molecule has 4 atom stereocenters. The van der Waals surface area contributed by atoms with Crippen LogP contribution in [0, 0.1) is 11.8 Å². The fraction of sp³-hybridized carbons (Fsp3) is 0.824. The van der Waals surface area contributed by atoms with Crippen LogP contribution < -0.4 is 4.74 Å². The number of aliphatic hydroxyl groups excluding tert-OH is 1. The van der Waals surface area contributed by atoms with Gasteiger partial charge in [-0.1, -0.05) is 19.3 Å². The van der Waals surface area contributed by atoms with Crippen LogP contribution in [0.25, 0.3) is 0 Å². The molecule has 21 heavy (non-hydrogen) atoms. The van der Waals surface area contributed by atoms with E-state index in [1.807, 2.05) is 10.9 Å². The summed E-state index contributed by atoms with van der Waals surface area (Å²) in [6, 6.07) is 0.336. The van der Waals surface area contributed by atoms with Gasteiger partial charge in [-0.15, -0.1) is 0 Å². The lowest BCUT2D eigenvalue weighted by molar-refractivity contribution is 0.0216. The quantitative estimate of drug-likeness (QED) is 0.926. The van der Waals surface area contributed by atoms with Crippen LogP contribution >= 0.6 is 0 Å². The Labute approximate surface area is 127 Å². The molecule has 2 saturated carbocycles. The second-order valence-electron chi connectivity index (χ2n) is 7.09. The molecule has 0 amide bonds. The Morgan fingerprint density at radius 1 is 1.19 bits per heavy atom. The highest BCUT2D eigenvalue weighted by molar-refractivity contribution is 5.13. The van der Waals surface area contributed by atoms with Gasteiger partial charge in [0.2, 0.25) is 0 Å². The molecule has 0 saturated heterocycles. The molecule has 4 nitrogen and oxygen atoms in total. The molecule has 0 bridgehead atoms. The minimum absolute atomic E-state index is 0.0786. The fourth-order valence-electron chi connectivity index (χ4n) is 3.54. The molecule has 3 rings (SSSR count). The highest BCUT2D eigenvalue weighted by atomic mass is 16.5. The number of hydrogen-bond donors (Lipinski definition) is 1. The molecule has 0 aromatic carbocycles. The summed E-state index contributed by atoms with van der Waals surface area (Å²) in [4.78, 5) is 0. The molecule has 0 aliphatic heterocycles. The molecule has 1 aromatic heterocycles. The largest absolute Gasteiger partial charge is 0.484 e. The third kappa shape index (κ3) is 3.79. The number of hydrogen-bond acceptors (Lipinski definition) is 3. The van der Waals surface area contributed by atoms with Crippen molar-refractivity contribution in [3.63, 3.8) is 0 Å². The summed E-state index contributed by atoms with van der Waals surface area (Å²) in [5, 5.41) is 14.7. The van der Waals surface area contributed by atoms with Crippen molar-refractivity contribution in [3.8, 4) is 5.75 Å². The van der Waals surface area contributed by atoms with Crippen LogP contribution in [0.3, 0.4) is 0 Å². The van der Waals surface area contributed by atoms with E-state index in [-0.39, 0.29) is 12.2 Å². The van der Waals surface area contributed by atoms with Crippen LogP contribution in [0.2, 0.25) is 0 Å². The van der Waals surface area contributed by atoms with Gasteiger partial charge in [-0.2, -0.15) is 5.10 Å². The van der Waals surface area contributed by atoms with Crippen molar-refractivity contribution in [2.24, 2.45) is 11.8 Å². The predicted octanol–water partition coefficient (Wildman–Crippen LogP) is 3.56. The second kappa shape index (κ2) is 6.39. The summed E-state index contributed by atoms with van der Waals surface area (Å²) in [7, 11) is 0. The van der Waals surface area contributed by atoms with Crippen LogP contribution in [-0.4, -0.2) is 27.1 Å². The molecule has 0 spiro atoms. The summed E-state index contributed by atoms with van der Waals surface area (Å²) in [6.45, 7) is 4.20. The lowest BCUT2D eigenvalue weighted by atomic mass is 9.97. The summed E-state index contributed by atoms with van der Waals surface area (Å²) in [6.07, 6.45) is 11.4. The van der Waals surface area contributed by atoms with Crippen molar-refractivity contribution in [2.75, 3.05) is 0 Å². The van der Waals surface area contributed by atoms with Crippen LogP contribution in [0.15, 0.2) is 12.4 Å². The van der Waals surface area contributed by atoms with Gasteiger partial charge in [0, 0.05) is 6.04 Å². The summed E-state index contributed by atoms with van der Waals surface area (Å²) >= 11 is 0. The average molecular weight is 292 g/mol. The molecular weight excluding hydrogens is 264 g/mol. The standard InChI is InChI=1S/C17H28N2O2/c1-12(2)19-11-15(10-18-19)21-17-8-4-6-14-9-13(14)5-3-7-16(17)20/h10-14,16-17,20H,3-9H2,1-2H3/t13-,14-,16+,17+/m0/s1. The van der Waals surface area contributed by atoms with Crippen molar-refractivity contribution in [3.05, 3.63) is 12.4 Å². The third-order valence-corrected chi connectivity index (χ3v) is 5.03. The van der Waals surface area contributed by atoms with Gasteiger partial charge < -0.3 is 9.84 Å². The van der Waals surface area contributed by atoms with Crippen molar-refractivity contribution in [1.82, 2.24) is 9.78 Å². The summed E-state index contributed by atoms with van der Waals surface area (Å²) in [5.41, 5.74) is 0. The molecular formula is C17H28N2O2. The molecule has 118 valence electrons. The van der Waals surface area contributed by atoms with E-state index in [0.717, 1.165) is 36.8 Å². The minimum Gasteiger partial charge on any atom is -0.484 e. The molecule has 2 aliphatic rings. The normalized spacial score (nSPS) is 33.5. The minimum atomic E-state index is -0.345. The molecule has 1 N–H and O–H groups in total. The fourth-order valence-corrected chi connectivity index (χ4v) is 3.54. The Hall–Kier alpha value is -1.03. The average Bonchev–Trinajstić information content (AvgIpc) is 3.01. The Morgan fingerprint density at radius 3 is 2.57 bits per heavy atom. The van der Waals surface area contributed by atoms with E-state index < -0.39 is 0 Å². The van der Waals surface area contributed by atoms with Gasteiger partial charge in [0.25, 0.3) is 0 Å². The topological polar surface area (TPSA) is 47.3 Å². The number of ether oxygens (including phenoxy) is 1. The number of aliphatic hydroxyl groups is 1. The molecule has 0 radical (unpaired) electrons. The van der Waals surface area contributed by atoms with Crippen LogP contribution in [0.4, 0.5) is 0 Å². The van der Waals surface area contributed by atoms with Gasteiger partial charge in [0.15, 0.2) is 5.75 Å². The Kier molecular flexibility index (Phi) is 4.53. The maximum atomic E-state index is 10.4. The Bertz CT molecular complexity index is 457. The molecule has 1 aromatic rings. The zero-order valence-corrected chi connectivity index (χ0v) is 13.2.